The maximum absolute atomic E-state index is 13.2. The molecule has 0 unspecified atom stereocenters. The lowest BCUT2D eigenvalue weighted by atomic mass is 9.76. The molecule has 2 aliphatic rings. The molecule has 3 amide bonds. The minimum absolute atomic E-state index is 0.0426. The van der Waals surface area contributed by atoms with Gasteiger partial charge in [0.2, 0.25) is 11.8 Å². The summed E-state index contributed by atoms with van der Waals surface area (Å²) in [5, 5.41) is 8.70. The van der Waals surface area contributed by atoms with Crippen molar-refractivity contribution in [3.05, 3.63) is 41.9 Å². The van der Waals surface area contributed by atoms with E-state index in [1.165, 1.54) is 0 Å². The van der Waals surface area contributed by atoms with Crippen molar-refractivity contribution in [3.63, 3.8) is 0 Å². The van der Waals surface area contributed by atoms with Gasteiger partial charge in [0.25, 0.3) is 5.91 Å². The van der Waals surface area contributed by atoms with Gasteiger partial charge in [-0.25, -0.2) is 4.98 Å². The molecular weight excluding hydrogens is 446 g/mol. The smallest absolute Gasteiger partial charge is 0.253 e. The van der Waals surface area contributed by atoms with Gasteiger partial charge in [0.05, 0.1) is 16.7 Å². The summed E-state index contributed by atoms with van der Waals surface area (Å²) in [6, 6.07) is 2.72. The van der Waals surface area contributed by atoms with Gasteiger partial charge < -0.3 is 25.3 Å². The molecule has 1 spiro atoms. The van der Waals surface area contributed by atoms with Crippen LogP contribution < -0.4 is 16.0 Å². The van der Waals surface area contributed by atoms with E-state index < -0.39 is 11.5 Å². The molecule has 0 aliphatic carbocycles. The molecule has 188 valence electrons. The average molecular weight is 482 g/mol. The number of anilines is 2. The Morgan fingerprint density at radius 2 is 2.03 bits per heavy atom. The third kappa shape index (κ3) is 5.40. The van der Waals surface area contributed by atoms with E-state index in [0.717, 1.165) is 24.8 Å². The van der Waals surface area contributed by atoms with E-state index >= 15 is 0 Å². The highest BCUT2D eigenvalue weighted by atomic mass is 16.5. The molecule has 2 aromatic heterocycles. The molecule has 3 N–H and O–H groups in total. The lowest BCUT2D eigenvalue weighted by molar-refractivity contribution is -0.124. The van der Waals surface area contributed by atoms with Crippen LogP contribution in [0.4, 0.5) is 11.5 Å². The number of ether oxygens (including phenoxy) is 1. The first kappa shape index (κ1) is 24.9. The van der Waals surface area contributed by atoms with Gasteiger partial charge in [-0.2, -0.15) is 0 Å². The summed E-state index contributed by atoms with van der Waals surface area (Å²) in [5.74, 6) is 0.144. The summed E-state index contributed by atoms with van der Waals surface area (Å²) >= 11 is 0. The van der Waals surface area contributed by atoms with Crippen molar-refractivity contribution >= 4 is 29.2 Å². The predicted molar refractivity (Wildman–Crippen MR) is 133 cm³/mol. The molecule has 9 nitrogen and oxygen atoms in total. The van der Waals surface area contributed by atoms with Crippen LogP contribution in [0.1, 0.15) is 68.3 Å². The van der Waals surface area contributed by atoms with Crippen molar-refractivity contribution < 1.29 is 19.1 Å². The molecule has 2 aliphatic heterocycles. The fraction of sp³-hybridized carbons (Fsp3) is 0.538. The van der Waals surface area contributed by atoms with Gasteiger partial charge in [-0.05, 0) is 37.7 Å². The van der Waals surface area contributed by atoms with Crippen LogP contribution in [0.2, 0.25) is 0 Å². The molecule has 2 atom stereocenters. The molecule has 35 heavy (non-hydrogen) atoms. The number of nitrogens with one attached hydrogen (secondary N) is 3. The fourth-order valence-electron chi connectivity index (χ4n) is 5.04. The Balaban J connectivity index is 1.48. The van der Waals surface area contributed by atoms with Crippen molar-refractivity contribution in [1.82, 2.24) is 14.9 Å². The molecular formula is C26H35N5O4. The van der Waals surface area contributed by atoms with E-state index in [1.54, 1.807) is 35.3 Å². The molecule has 1 saturated heterocycles. The van der Waals surface area contributed by atoms with Crippen LogP contribution in [-0.4, -0.2) is 46.5 Å². The van der Waals surface area contributed by atoms with Crippen molar-refractivity contribution in [2.75, 3.05) is 23.8 Å². The summed E-state index contributed by atoms with van der Waals surface area (Å²) in [6.07, 6.45) is 9.91. The number of aromatic nitrogens is 2. The number of carbonyl (C=O) groups excluding carboxylic acids is 3. The Morgan fingerprint density at radius 3 is 2.71 bits per heavy atom. The van der Waals surface area contributed by atoms with E-state index in [2.05, 4.69) is 34.8 Å². The Labute approximate surface area is 206 Å². The predicted octanol–water partition coefficient (Wildman–Crippen LogP) is 3.37. The molecule has 4 heterocycles. The standard InChI is InChI=1S/C26H35N5O4/c1-4-5-17(2)6-7-20(28-23(32)18-8-11-31(3)16-18)24(33)30-22-14-21-19(15-27-22)26(25(34)29-21)9-12-35-13-10-26/h8,11,14-17,20H,4-7,9-10,12-13H2,1-3H3,(H,28,32)(H,29,34)(H,27,30,33)/t17-,20-/m0/s1. The topological polar surface area (TPSA) is 114 Å². The highest BCUT2D eigenvalue weighted by molar-refractivity contribution is 6.07. The number of hydrogen-bond acceptors (Lipinski definition) is 5. The van der Waals surface area contributed by atoms with E-state index in [4.69, 9.17) is 4.74 Å². The third-order valence-corrected chi connectivity index (χ3v) is 7.15. The first-order valence-electron chi connectivity index (χ1n) is 12.5. The van der Waals surface area contributed by atoms with Crippen LogP contribution >= 0.6 is 0 Å². The fourth-order valence-corrected chi connectivity index (χ4v) is 5.04. The van der Waals surface area contributed by atoms with E-state index in [-0.39, 0.29) is 17.7 Å². The zero-order chi connectivity index (χ0) is 25.0. The van der Waals surface area contributed by atoms with Crippen LogP contribution in [-0.2, 0) is 26.8 Å². The number of nitrogens with zero attached hydrogens (tertiary/aromatic N) is 2. The van der Waals surface area contributed by atoms with Crippen molar-refractivity contribution in [2.24, 2.45) is 13.0 Å². The molecule has 4 rings (SSSR count). The van der Waals surface area contributed by atoms with Crippen LogP contribution in [0, 0.1) is 5.92 Å². The minimum atomic E-state index is -0.700. The van der Waals surface area contributed by atoms with Gasteiger partial charge in [-0.15, -0.1) is 0 Å². The first-order valence-corrected chi connectivity index (χ1v) is 12.5. The number of fused-ring (bicyclic) bond motifs is 2. The summed E-state index contributed by atoms with van der Waals surface area (Å²) in [4.78, 5) is 43.2. The van der Waals surface area contributed by atoms with Crippen LogP contribution in [0.15, 0.2) is 30.7 Å². The zero-order valence-electron chi connectivity index (χ0n) is 20.7. The van der Waals surface area contributed by atoms with Crippen LogP contribution in [0.25, 0.3) is 0 Å². The highest BCUT2D eigenvalue weighted by Gasteiger charge is 2.48. The second-order valence-corrected chi connectivity index (χ2v) is 9.82. The first-order chi connectivity index (χ1) is 16.8. The number of rotatable bonds is 9. The van der Waals surface area contributed by atoms with Gasteiger partial charge in [0.15, 0.2) is 0 Å². The number of hydrogen-bond donors (Lipinski definition) is 3. The number of amides is 3. The molecule has 0 bridgehead atoms. The Hall–Kier alpha value is -3.20. The Bertz CT molecular complexity index is 1090. The van der Waals surface area contributed by atoms with E-state index in [0.29, 0.717) is 55.5 Å². The minimum Gasteiger partial charge on any atom is -0.381 e. The molecule has 2 aromatic rings. The average Bonchev–Trinajstić information content (AvgIpc) is 3.38. The highest BCUT2D eigenvalue weighted by Crippen LogP contribution is 2.44. The van der Waals surface area contributed by atoms with Gasteiger partial charge >= 0.3 is 0 Å². The molecule has 0 saturated carbocycles. The lowest BCUT2D eigenvalue weighted by Gasteiger charge is -2.31. The second-order valence-electron chi connectivity index (χ2n) is 9.82. The van der Waals surface area contributed by atoms with Gasteiger partial charge in [-0.1, -0.05) is 26.7 Å². The summed E-state index contributed by atoms with van der Waals surface area (Å²) in [7, 11) is 1.84. The van der Waals surface area contributed by atoms with Crippen molar-refractivity contribution in [2.45, 2.75) is 63.8 Å². The van der Waals surface area contributed by atoms with Gasteiger partial charge in [0.1, 0.15) is 11.9 Å². The zero-order valence-corrected chi connectivity index (χ0v) is 20.7. The largest absolute Gasteiger partial charge is 0.381 e. The monoisotopic (exact) mass is 481 g/mol. The van der Waals surface area contributed by atoms with Gasteiger partial charge in [0, 0.05) is 50.5 Å². The summed E-state index contributed by atoms with van der Waals surface area (Å²) < 4.78 is 7.24. The normalized spacial score (nSPS) is 18.0. The van der Waals surface area contributed by atoms with E-state index in [1.807, 2.05) is 7.05 Å². The second kappa shape index (κ2) is 10.6. The Morgan fingerprint density at radius 1 is 1.26 bits per heavy atom. The number of carbonyl (C=O) groups is 3. The number of aryl methyl sites for hydroxylation is 1. The van der Waals surface area contributed by atoms with Gasteiger partial charge in [-0.3, -0.25) is 14.4 Å². The van der Waals surface area contributed by atoms with Crippen LogP contribution in [0.3, 0.4) is 0 Å². The SMILES string of the molecule is CCC[C@H](C)CC[C@H](NC(=O)c1ccn(C)c1)C(=O)Nc1cc2c(cn1)C1(CCOCC1)C(=O)N2. The quantitative estimate of drug-likeness (QED) is 0.508. The number of pyridine rings is 1. The lowest BCUT2D eigenvalue weighted by Crippen LogP contribution is -2.44. The maximum Gasteiger partial charge on any atom is 0.253 e. The van der Waals surface area contributed by atoms with Crippen molar-refractivity contribution in [1.29, 1.82) is 0 Å². The molecule has 9 heteroatoms. The maximum atomic E-state index is 13.2. The third-order valence-electron chi connectivity index (χ3n) is 7.15. The van der Waals surface area contributed by atoms with Crippen molar-refractivity contribution in [3.8, 4) is 0 Å². The molecule has 1 fully saturated rings. The van der Waals surface area contributed by atoms with Crippen LogP contribution in [0.5, 0.6) is 0 Å². The summed E-state index contributed by atoms with van der Waals surface area (Å²) in [6.45, 7) is 5.37. The Kier molecular flexibility index (Phi) is 7.54. The molecule has 0 radical (unpaired) electrons. The summed E-state index contributed by atoms with van der Waals surface area (Å²) in [5.41, 5.74) is 1.42. The molecule has 0 aromatic carbocycles. The van der Waals surface area contributed by atoms with E-state index in [9.17, 15) is 14.4 Å².